The summed E-state index contributed by atoms with van der Waals surface area (Å²) in [6, 6.07) is 12.0. The van der Waals surface area contributed by atoms with Gasteiger partial charge in [0.2, 0.25) is 5.91 Å². The Hall–Kier alpha value is -2.30. The number of nitrogens with zero attached hydrogens (tertiary/aromatic N) is 5. The molecule has 1 aliphatic heterocycles. The molecule has 2 heterocycles. The quantitative estimate of drug-likeness (QED) is 0.688. The molecule has 0 N–H and O–H groups in total. The number of carbonyl (C=O) groups excluding carboxylic acids is 1. The van der Waals surface area contributed by atoms with E-state index in [0.29, 0.717) is 31.9 Å². The van der Waals surface area contributed by atoms with Crippen LogP contribution in [-0.4, -0.2) is 57.2 Å². The summed E-state index contributed by atoms with van der Waals surface area (Å²) >= 11 is 1.50. The second-order valence-electron chi connectivity index (χ2n) is 6.55. The molecule has 2 aromatic rings. The molecule has 142 valence electrons. The molecule has 0 unspecified atom stereocenters. The fourth-order valence-electron chi connectivity index (χ4n) is 3.30. The van der Waals surface area contributed by atoms with Crippen LogP contribution >= 0.6 is 11.8 Å². The number of aromatic nitrogens is 2. The molecule has 1 aliphatic rings. The minimum atomic E-state index is -0.251. The standard InChI is InChI=1S/C20H25N5OS/c1-2-9-25-10-8-22-20(25)27-16-19(26)24-13-11-23(12-14-24)18(15-21)17-6-4-3-5-7-17/h3-8,10,18H,2,9,11-14,16H2,1H3/t18-/m1/s1. The van der Waals surface area contributed by atoms with E-state index in [9.17, 15) is 10.1 Å². The zero-order chi connectivity index (χ0) is 19.1. The lowest BCUT2D eigenvalue weighted by molar-refractivity contribution is -0.130. The number of amides is 1. The lowest BCUT2D eigenvalue weighted by atomic mass is 10.1. The zero-order valence-electron chi connectivity index (χ0n) is 15.6. The maximum Gasteiger partial charge on any atom is 0.233 e. The van der Waals surface area contributed by atoms with Crippen molar-refractivity contribution in [3.63, 3.8) is 0 Å². The van der Waals surface area contributed by atoms with Crippen LogP contribution in [0, 0.1) is 11.3 Å². The molecule has 1 amide bonds. The molecular formula is C20H25N5OS. The molecule has 7 heteroatoms. The summed E-state index contributed by atoms with van der Waals surface area (Å²) in [6.45, 7) is 5.80. The van der Waals surface area contributed by atoms with E-state index >= 15 is 0 Å². The van der Waals surface area contributed by atoms with E-state index < -0.39 is 0 Å². The summed E-state index contributed by atoms with van der Waals surface area (Å²) in [4.78, 5) is 21.0. The number of thioether (sulfide) groups is 1. The Balaban J connectivity index is 1.50. The zero-order valence-corrected chi connectivity index (χ0v) is 16.4. The summed E-state index contributed by atoms with van der Waals surface area (Å²) in [5, 5.41) is 10.5. The molecule has 1 atom stereocenters. The number of nitriles is 1. The molecule has 1 fully saturated rings. The maximum atomic E-state index is 12.6. The van der Waals surface area contributed by atoms with Crippen LogP contribution in [0.2, 0.25) is 0 Å². The van der Waals surface area contributed by atoms with Crippen molar-refractivity contribution in [1.29, 1.82) is 5.26 Å². The van der Waals surface area contributed by atoms with Crippen LogP contribution in [0.5, 0.6) is 0 Å². The SMILES string of the molecule is CCCn1ccnc1SCC(=O)N1CCN([C@H](C#N)c2ccccc2)CC1. The lowest BCUT2D eigenvalue weighted by Gasteiger charge is -2.37. The van der Waals surface area contributed by atoms with Crippen LogP contribution in [0.25, 0.3) is 0 Å². The van der Waals surface area contributed by atoms with Gasteiger partial charge in [0.05, 0.1) is 11.8 Å². The van der Waals surface area contributed by atoms with Gasteiger partial charge in [-0.1, -0.05) is 49.0 Å². The number of aryl methyl sites for hydroxylation is 1. The normalized spacial score (nSPS) is 16.1. The van der Waals surface area contributed by atoms with Gasteiger partial charge in [-0.25, -0.2) is 4.98 Å². The van der Waals surface area contributed by atoms with E-state index in [0.717, 1.165) is 23.7 Å². The van der Waals surface area contributed by atoms with Gasteiger partial charge in [-0.3, -0.25) is 9.69 Å². The highest BCUT2D eigenvalue weighted by Gasteiger charge is 2.27. The Morgan fingerprint density at radius 3 is 2.67 bits per heavy atom. The van der Waals surface area contributed by atoms with Crippen LogP contribution in [-0.2, 0) is 11.3 Å². The third-order valence-electron chi connectivity index (χ3n) is 4.74. The summed E-state index contributed by atoms with van der Waals surface area (Å²) in [5.74, 6) is 0.542. The largest absolute Gasteiger partial charge is 0.339 e. The first-order chi connectivity index (χ1) is 13.2. The summed E-state index contributed by atoms with van der Waals surface area (Å²) in [7, 11) is 0. The van der Waals surface area contributed by atoms with Gasteiger partial charge in [0.15, 0.2) is 5.16 Å². The predicted octanol–water partition coefficient (Wildman–Crippen LogP) is 2.79. The van der Waals surface area contributed by atoms with E-state index in [1.54, 1.807) is 6.20 Å². The van der Waals surface area contributed by atoms with Crippen LogP contribution in [0.4, 0.5) is 0 Å². The molecule has 1 aromatic carbocycles. The van der Waals surface area contributed by atoms with Gasteiger partial charge in [-0.2, -0.15) is 5.26 Å². The Morgan fingerprint density at radius 2 is 2.00 bits per heavy atom. The van der Waals surface area contributed by atoms with Crippen molar-refractivity contribution >= 4 is 17.7 Å². The molecular weight excluding hydrogens is 358 g/mol. The second kappa shape index (κ2) is 9.58. The first-order valence-electron chi connectivity index (χ1n) is 9.33. The van der Waals surface area contributed by atoms with Crippen molar-refractivity contribution < 1.29 is 4.79 Å². The topological polar surface area (TPSA) is 65.2 Å². The highest BCUT2D eigenvalue weighted by Crippen LogP contribution is 2.22. The van der Waals surface area contributed by atoms with E-state index in [1.165, 1.54) is 11.8 Å². The summed E-state index contributed by atoms with van der Waals surface area (Å²) < 4.78 is 2.09. The van der Waals surface area contributed by atoms with E-state index in [4.69, 9.17) is 0 Å². The van der Waals surface area contributed by atoms with Crippen LogP contribution < -0.4 is 0 Å². The molecule has 27 heavy (non-hydrogen) atoms. The average Bonchev–Trinajstić information content (AvgIpc) is 3.15. The molecule has 0 saturated carbocycles. The number of rotatable bonds is 7. The van der Waals surface area contributed by atoms with E-state index in [2.05, 4.69) is 27.4 Å². The van der Waals surface area contributed by atoms with Gasteiger partial charge in [0.1, 0.15) is 6.04 Å². The fourth-order valence-corrected chi connectivity index (χ4v) is 4.18. The molecule has 3 rings (SSSR count). The van der Waals surface area contributed by atoms with Crippen LogP contribution in [0.3, 0.4) is 0 Å². The number of hydrogen-bond acceptors (Lipinski definition) is 5. The van der Waals surface area contributed by atoms with Gasteiger partial charge >= 0.3 is 0 Å². The van der Waals surface area contributed by atoms with Gasteiger partial charge in [0, 0.05) is 45.1 Å². The number of piperazine rings is 1. The molecule has 0 aliphatic carbocycles. The van der Waals surface area contributed by atoms with Gasteiger partial charge in [0.25, 0.3) is 0 Å². The Labute approximate surface area is 164 Å². The summed E-state index contributed by atoms with van der Waals surface area (Å²) in [5.41, 5.74) is 1.01. The minimum Gasteiger partial charge on any atom is -0.339 e. The monoisotopic (exact) mass is 383 g/mol. The highest BCUT2D eigenvalue weighted by molar-refractivity contribution is 7.99. The van der Waals surface area contributed by atoms with Gasteiger partial charge in [-0.15, -0.1) is 0 Å². The minimum absolute atomic E-state index is 0.138. The third-order valence-corrected chi connectivity index (χ3v) is 5.73. The van der Waals surface area contributed by atoms with Crippen molar-refractivity contribution in [1.82, 2.24) is 19.4 Å². The first kappa shape index (κ1) is 19.5. The van der Waals surface area contributed by atoms with Crippen molar-refractivity contribution in [3.05, 3.63) is 48.3 Å². The molecule has 0 bridgehead atoms. The molecule has 1 aromatic heterocycles. The predicted molar refractivity (Wildman–Crippen MR) is 106 cm³/mol. The lowest BCUT2D eigenvalue weighted by Crippen LogP contribution is -2.50. The van der Waals surface area contributed by atoms with Crippen molar-refractivity contribution in [2.75, 3.05) is 31.9 Å². The molecule has 1 saturated heterocycles. The van der Waals surface area contributed by atoms with Gasteiger partial charge < -0.3 is 9.47 Å². The Bertz CT molecular complexity index is 777. The van der Waals surface area contributed by atoms with Crippen LogP contribution in [0.1, 0.15) is 24.9 Å². The smallest absolute Gasteiger partial charge is 0.233 e. The second-order valence-corrected chi connectivity index (χ2v) is 7.49. The van der Waals surface area contributed by atoms with Crippen molar-refractivity contribution in [2.24, 2.45) is 0 Å². The Morgan fingerprint density at radius 1 is 1.26 bits per heavy atom. The van der Waals surface area contributed by atoms with Crippen molar-refractivity contribution in [2.45, 2.75) is 31.1 Å². The molecule has 0 spiro atoms. The van der Waals surface area contributed by atoms with Crippen molar-refractivity contribution in [3.8, 4) is 6.07 Å². The van der Waals surface area contributed by atoms with E-state index in [1.807, 2.05) is 41.4 Å². The molecule has 0 radical (unpaired) electrons. The number of carbonyl (C=O) groups is 1. The summed E-state index contributed by atoms with van der Waals surface area (Å²) in [6.07, 6.45) is 4.79. The molecule has 6 nitrogen and oxygen atoms in total. The third kappa shape index (κ3) is 4.90. The maximum absolute atomic E-state index is 12.6. The van der Waals surface area contributed by atoms with Gasteiger partial charge in [-0.05, 0) is 12.0 Å². The highest BCUT2D eigenvalue weighted by atomic mass is 32.2. The number of benzene rings is 1. The number of hydrogen-bond donors (Lipinski definition) is 0. The first-order valence-corrected chi connectivity index (χ1v) is 10.3. The number of imidazole rings is 1. The van der Waals surface area contributed by atoms with E-state index in [-0.39, 0.29) is 11.9 Å². The Kier molecular flexibility index (Phi) is 6.91. The fraction of sp³-hybridized carbons (Fsp3) is 0.450. The average molecular weight is 384 g/mol. The van der Waals surface area contributed by atoms with Crippen LogP contribution in [0.15, 0.2) is 47.9 Å².